The first-order valence-electron chi connectivity index (χ1n) is 11.4. The van der Waals surface area contributed by atoms with Crippen molar-refractivity contribution in [1.82, 2.24) is 9.80 Å². The molecule has 2 N–H and O–H groups in total. The van der Waals surface area contributed by atoms with Crippen molar-refractivity contribution in [2.24, 2.45) is 17.6 Å². The average molecular weight is 434 g/mol. The molecule has 6 heteroatoms. The van der Waals surface area contributed by atoms with Gasteiger partial charge in [-0.05, 0) is 51.0 Å². The van der Waals surface area contributed by atoms with Crippen LogP contribution in [-0.2, 0) is 16.1 Å². The molecule has 3 fully saturated rings. The molecule has 1 saturated heterocycles. The van der Waals surface area contributed by atoms with Gasteiger partial charge in [-0.1, -0.05) is 43.2 Å². The number of carbonyl (C=O) groups is 2. The van der Waals surface area contributed by atoms with Crippen LogP contribution in [0.15, 0.2) is 30.3 Å². The Morgan fingerprint density at radius 2 is 1.73 bits per heavy atom. The smallest absolute Gasteiger partial charge is 0.227 e. The summed E-state index contributed by atoms with van der Waals surface area (Å²) in [5, 5.41) is 0. The molecule has 2 saturated carbocycles. The van der Waals surface area contributed by atoms with E-state index in [0.717, 1.165) is 51.4 Å². The minimum Gasteiger partial charge on any atom is -0.342 e. The molecule has 2 amide bonds. The number of amides is 2. The molecule has 30 heavy (non-hydrogen) atoms. The van der Waals surface area contributed by atoms with Crippen LogP contribution in [0.3, 0.4) is 0 Å². The van der Waals surface area contributed by atoms with Crippen LogP contribution in [0.5, 0.6) is 0 Å². The van der Waals surface area contributed by atoms with E-state index in [1.54, 1.807) is 0 Å². The fourth-order valence-electron chi connectivity index (χ4n) is 5.12. The monoisotopic (exact) mass is 433 g/mol. The van der Waals surface area contributed by atoms with E-state index in [1.165, 1.54) is 5.56 Å². The Labute approximate surface area is 186 Å². The lowest BCUT2D eigenvalue weighted by Gasteiger charge is -2.42. The van der Waals surface area contributed by atoms with Crippen LogP contribution in [0.2, 0.25) is 0 Å². The summed E-state index contributed by atoms with van der Waals surface area (Å²) in [4.78, 5) is 30.4. The number of nitrogens with zero attached hydrogens (tertiary/aromatic N) is 2. The van der Waals surface area contributed by atoms with Gasteiger partial charge < -0.3 is 15.5 Å². The van der Waals surface area contributed by atoms with Crippen LogP contribution < -0.4 is 5.73 Å². The largest absolute Gasteiger partial charge is 0.342 e. The van der Waals surface area contributed by atoms with Crippen molar-refractivity contribution in [1.29, 1.82) is 0 Å². The summed E-state index contributed by atoms with van der Waals surface area (Å²) in [7, 11) is 0. The van der Waals surface area contributed by atoms with Crippen molar-refractivity contribution in [3.8, 4) is 0 Å². The minimum atomic E-state index is -0.388. The summed E-state index contributed by atoms with van der Waals surface area (Å²) in [5.74, 6) is 0.470. The molecule has 0 spiro atoms. The third-order valence-corrected chi connectivity index (χ3v) is 7.17. The zero-order chi connectivity index (χ0) is 20.4. The number of halogens is 1. The summed E-state index contributed by atoms with van der Waals surface area (Å²) >= 11 is 0. The summed E-state index contributed by atoms with van der Waals surface area (Å²) < 4.78 is 0. The van der Waals surface area contributed by atoms with Gasteiger partial charge in [0.25, 0.3) is 0 Å². The van der Waals surface area contributed by atoms with Gasteiger partial charge in [-0.15, -0.1) is 12.4 Å². The Balaban J connectivity index is 0.00000256. The molecule has 1 aromatic carbocycles. The first-order valence-corrected chi connectivity index (χ1v) is 11.4. The number of carbonyl (C=O) groups excluding carboxylic acids is 2. The van der Waals surface area contributed by atoms with Crippen molar-refractivity contribution in [3.63, 3.8) is 0 Å². The van der Waals surface area contributed by atoms with Gasteiger partial charge in [0.05, 0.1) is 5.92 Å². The first-order chi connectivity index (χ1) is 14.0. The Kier molecular flexibility index (Phi) is 7.46. The lowest BCUT2D eigenvalue weighted by atomic mass is 9.73. The molecule has 1 heterocycles. The van der Waals surface area contributed by atoms with E-state index in [0.29, 0.717) is 25.7 Å². The van der Waals surface area contributed by atoms with E-state index in [-0.39, 0.29) is 41.6 Å². The van der Waals surface area contributed by atoms with Crippen LogP contribution >= 0.6 is 12.4 Å². The second kappa shape index (κ2) is 9.69. The average Bonchev–Trinajstić information content (AvgIpc) is 3.57. The van der Waals surface area contributed by atoms with Crippen LogP contribution in [0.25, 0.3) is 0 Å². The molecule has 5 nitrogen and oxygen atoms in total. The van der Waals surface area contributed by atoms with Crippen LogP contribution in [0, 0.1) is 11.8 Å². The lowest BCUT2D eigenvalue weighted by Crippen LogP contribution is -2.55. The van der Waals surface area contributed by atoms with Gasteiger partial charge in [-0.3, -0.25) is 9.59 Å². The number of hydrogen-bond donors (Lipinski definition) is 1. The molecular formula is C24H36ClN3O2. The van der Waals surface area contributed by atoms with Crippen LogP contribution in [-0.4, -0.2) is 46.3 Å². The van der Waals surface area contributed by atoms with Gasteiger partial charge in [-0.25, -0.2) is 0 Å². The van der Waals surface area contributed by atoms with E-state index < -0.39 is 0 Å². The molecular weight excluding hydrogens is 398 g/mol. The normalized spacial score (nSPS) is 27.3. The Morgan fingerprint density at radius 1 is 1.07 bits per heavy atom. The predicted molar refractivity (Wildman–Crippen MR) is 121 cm³/mol. The number of rotatable bonds is 5. The first kappa shape index (κ1) is 23.1. The SMILES string of the molecule is CC1(N)CCCCC1C(=O)N1CCC(C(=O)N(Cc2ccccc2)C2CC2)CC1.Cl. The van der Waals surface area contributed by atoms with Gasteiger partial charge in [0, 0.05) is 37.1 Å². The van der Waals surface area contributed by atoms with Gasteiger partial charge in [0.15, 0.2) is 0 Å². The maximum Gasteiger partial charge on any atom is 0.227 e. The van der Waals surface area contributed by atoms with Crippen LogP contribution in [0.4, 0.5) is 0 Å². The number of piperidine rings is 1. The maximum atomic E-state index is 13.3. The summed E-state index contributed by atoms with van der Waals surface area (Å²) in [5.41, 5.74) is 7.26. The number of hydrogen-bond acceptors (Lipinski definition) is 3. The van der Waals surface area contributed by atoms with Crippen molar-refractivity contribution >= 4 is 24.2 Å². The summed E-state index contributed by atoms with van der Waals surface area (Å²) in [6, 6.07) is 10.7. The third kappa shape index (κ3) is 5.17. The highest BCUT2D eigenvalue weighted by molar-refractivity contribution is 5.85. The summed E-state index contributed by atoms with van der Waals surface area (Å²) in [6.45, 7) is 4.11. The van der Waals surface area contributed by atoms with Crippen LogP contribution in [0.1, 0.15) is 63.9 Å². The third-order valence-electron chi connectivity index (χ3n) is 7.17. The molecule has 0 bridgehead atoms. The molecule has 0 radical (unpaired) electrons. The number of nitrogens with two attached hydrogens (primary N) is 1. The molecule has 166 valence electrons. The molecule has 4 rings (SSSR count). The Morgan fingerprint density at radius 3 is 2.33 bits per heavy atom. The highest BCUT2D eigenvalue weighted by Gasteiger charge is 2.42. The molecule has 1 aromatic rings. The summed E-state index contributed by atoms with van der Waals surface area (Å²) in [6.07, 6.45) is 7.82. The predicted octanol–water partition coefficient (Wildman–Crippen LogP) is 3.75. The zero-order valence-electron chi connectivity index (χ0n) is 18.1. The highest BCUT2D eigenvalue weighted by atomic mass is 35.5. The zero-order valence-corrected chi connectivity index (χ0v) is 18.9. The molecule has 3 aliphatic rings. The van der Waals surface area contributed by atoms with E-state index >= 15 is 0 Å². The number of likely N-dealkylation sites (tertiary alicyclic amines) is 1. The Bertz CT molecular complexity index is 727. The molecule has 2 aliphatic carbocycles. The molecule has 1 aliphatic heterocycles. The maximum absolute atomic E-state index is 13.3. The Hall–Kier alpha value is -1.59. The molecule has 0 aromatic heterocycles. The fourth-order valence-corrected chi connectivity index (χ4v) is 5.12. The van der Waals surface area contributed by atoms with E-state index in [2.05, 4.69) is 17.0 Å². The second-order valence-electron chi connectivity index (χ2n) is 9.59. The van der Waals surface area contributed by atoms with Gasteiger partial charge in [0.2, 0.25) is 11.8 Å². The van der Waals surface area contributed by atoms with Crippen molar-refractivity contribution in [2.75, 3.05) is 13.1 Å². The lowest BCUT2D eigenvalue weighted by molar-refractivity contribution is -0.145. The number of benzene rings is 1. The van der Waals surface area contributed by atoms with Crippen molar-refractivity contribution in [2.45, 2.75) is 76.4 Å². The quantitative estimate of drug-likeness (QED) is 0.768. The second-order valence-corrected chi connectivity index (χ2v) is 9.59. The van der Waals surface area contributed by atoms with Gasteiger partial charge in [0.1, 0.15) is 0 Å². The van der Waals surface area contributed by atoms with Gasteiger partial charge >= 0.3 is 0 Å². The van der Waals surface area contributed by atoms with E-state index in [1.807, 2.05) is 30.0 Å². The fraction of sp³-hybridized carbons (Fsp3) is 0.667. The van der Waals surface area contributed by atoms with E-state index in [4.69, 9.17) is 5.73 Å². The van der Waals surface area contributed by atoms with Crippen molar-refractivity contribution in [3.05, 3.63) is 35.9 Å². The highest BCUT2D eigenvalue weighted by Crippen LogP contribution is 2.35. The topological polar surface area (TPSA) is 66.6 Å². The molecule has 2 unspecified atom stereocenters. The van der Waals surface area contributed by atoms with E-state index in [9.17, 15) is 9.59 Å². The van der Waals surface area contributed by atoms with Gasteiger partial charge in [-0.2, -0.15) is 0 Å². The van der Waals surface area contributed by atoms with Crippen molar-refractivity contribution < 1.29 is 9.59 Å². The molecule has 2 atom stereocenters. The minimum absolute atomic E-state index is 0. The standard InChI is InChI=1S/C24H35N3O2.ClH/c1-24(25)14-6-5-9-21(24)23(29)26-15-12-19(13-16-26)22(28)27(20-10-11-20)17-18-7-3-2-4-8-18;/h2-4,7-8,19-21H,5-6,9-17,25H2,1H3;1H.